The Labute approximate surface area is 97.2 Å². The molecule has 0 amide bonds. The van der Waals surface area contributed by atoms with Gasteiger partial charge in [-0.3, -0.25) is 16.0 Å². The Morgan fingerprint density at radius 2 is 2.25 bits per heavy atom. The first kappa shape index (κ1) is 11.6. The first-order valence-electron chi connectivity index (χ1n) is 6.16. The molecule has 4 nitrogen and oxygen atoms in total. The number of hydrogen-bond acceptors (Lipinski definition) is 3. The van der Waals surface area contributed by atoms with Gasteiger partial charge in [0, 0.05) is 18.8 Å². The summed E-state index contributed by atoms with van der Waals surface area (Å²) in [5.74, 6) is 5.77. The van der Waals surface area contributed by atoms with Crippen molar-refractivity contribution in [3.63, 3.8) is 0 Å². The number of aromatic nitrogens is 2. The minimum absolute atomic E-state index is 0.244. The van der Waals surface area contributed by atoms with Crippen molar-refractivity contribution in [2.75, 3.05) is 0 Å². The fourth-order valence-corrected chi connectivity index (χ4v) is 3.14. The number of hydrazine groups is 1. The van der Waals surface area contributed by atoms with E-state index in [9.17, 15) is 0 Å². The highest BCUT2D eigenvalue weighted by atomic mass is 15.3. The van der Waals surface area contributed by atoms with Crippen LogP contribution in [0.4, 0.5) is 0 Å². The monoisotopic (exact) mass is 222 g/mol. The van der Waals surface area contributed by atoms with Crippen molar-refractivity contribution in [2.45, 2.75) is 45.1 Å². The fraction of sp³-hybridized carbons (Fsp3) is 0.750. The van der Waals surface area contributed by atoms with Crippen LogP contribution in [0, 0.1) is 5.41 Å². The quantitative estimate of drug-likeness (QED) is 0.604. The van der Waals surface area contributed by atoms with Gasteiger partial charge in [-0.05, 0) is 24.7 Å². The molecule has 0 aromatic carbocycles. The van der Waals surface area contributed by atoms with E-state index in [-0.39, 0.29) is 6.04 Å². The molecule has 1 aromatic heterocycles. The van der Waals surface area contributed by atoms with E-state index in [1.807, 2.05) is 17.9 Å². The van der Waals surface area contributed by atoms with Crippen molar-refractivity contribution in [1.82, 2.24) is 15.2 Å². The van der Waals surface area contributed by atoms with Crippen molar-refractivity contribution in [1.29, 1.82) is 0 Å². The molecule has 1 fully saturated rings. The second-order valence-electron chi connectivity index (χ2n) is 4.97. The largest absolute Gasteiger partial charge is 0.275 e. The second kappa shape index (κ2) is 4.55. The van der Waals surface area contributed by atoms with Crippen LogP contribution < -0.4 is 11.3 Å². The van der Waals surface area contributed by atoms with Crippen molar-refractivity contribution in [3.8, 4) is 0 Å². The molecule has 0 radical (unpaired) electrons. The van der Waals surface area contributed by atoms with Crippen LogP contribution in [0.15, 0.2) is 12.4 Å². The van der Waals surface area contributed by atoms with Gasteiger partial charge in [0.25, 0.3) is 0 Å². The lowest BCUT2D eigenvalue weighted by Gasteiger charge is -2.36. The molecular formula is C12H22N4. The zero-order valence-electron chi connectivity index (χ0n) is 10.2. The van der Waals surface area contributed by atoms with E-state index in [2.05, 4.69) is 23.6 Å². The van der Waals surface area contributed by atoms with E-state index in [0.717, 1.165) is 0 Å². The second-order valence-corrected chi connectivity index (χ2v) is 4.97. The number of nitrogens with zero attached hydrogens (tertiary/aromatic N) is 2. The lowest BCUT2D eigenvalue weighted by molar-refractivity contribution is 0.188. The van der Waals surface area contributed by atoms with Gasteiger partial charge in [-0.1, -0.05) is 19.8 Å². The molecule has 0 aliphatic heterocycles. The SMILES string of the molecule is CCC1(C(NN)c2cnn(C)c2)CCCC1. The van der Waals surface area contributed by atoms with Gasteiger partial charge in [0.15, 0.2) is 0 Å². The summed E-state index contributed by atoms with van der Waals surface area (Å²) in [6.07, 6.45) is 10.4. The number of hydrogen-bond donors (Lipinski definition) is 2. The van der Waals surface area contributed by atoms with E-state index in [0.29, 0.717) is 5.41 Å². The normalized spacial score (nSPS) is 21.2. The summed E-state index contributed by atoms with van der Waals surface area (Å²) >= 11 is 0. The summed E-state index contributed by atoms with van der Waals surface area (Å²) in [6.45, 7) is 2.27. The van der Waals surface area contributed by atoms with Crippen LogP contribution in [0.1, 0.15) is 50.6 Å². The Balaban J connectivity index is 2.27. The van der Waals surface area contributed by atoms with Gasteiger partial charge in [0.2, 0.25) is 0 Å². The molecule has 0 bridgehead atoms. The molecular weight excluding hydrogens is 200 g/mol. The Kier molecular flexibility index (Phi) is 3.30. The summed E-state index contributed by atoms with van der Waals surface area (Å²) in [7, 11) is 1.95. The Hall–Kier alpha value is -0.870. The maximum atomic E-state index is 5.77. The first-order valence-corrected chi connectivity index (χ1v) is 6.16. The van der Waals surface area contributed by atoms with Gasteiger partial charge < -0.3 is 0 Å². The highest BCUT2D eigenvalue weighted by Crippen LogP contribution is 2.49. The molecule has 16 heavy (non-hydrogen) atoms. The Morgan fingerprint density at radius 1 is 1.56 bits per heavy atom. The lowest BCUT2D eigenvalue weighted by atomic mass is 9.74. The first-order chi connectivity index (χ1) is 7.72. The Morgan fingerprint density at radius 3 is 2.69 bits per heavy atom. The number of aryl methyl sites for hydroxylation is 1. The average Bonchev–Trinajstić information content (AvgIpc) is 2.90. The van der Waals surface area contributed by atoms with E-state index in [4.69, 9.17) is 5.84 Å². The summed E-state index contributed by atoms with van der Waals surface area (Å²) in [5.41, 5.74) is 4.56. The lowest BCUT2D eigenvalue weighted by Crippen LogP contribution is -2.39. The van der Waals surface area contributed by atoms with Crippen LogP contribution in [-0.2, 0) is 7.05 Å². The molecule has 1 aliphatic rings. The fourth-order valence-electron chi connectivity index (χ4n) is 3.14. The third-order valence-corrected chi connectivity index (χ3v) is 4.14. The molecule has 1 unspecified atom stereocenters. The number of nitrogens with two attached hydrogens (primary N) is 1. The van der Waals surface area contributed by atoms with Gasteiger partial charge >= 0.3 is 0 Å². The molecule has 1 saturated carbocycles. The summed E-state index contributed by atoms with van der Waals surface area (Å²) in [6, 6.07) is 0.244. The third-order valence-electron chi connectivity index (χ3n) is 4.14. The van der Waals surface area contributed by atoms with E-state index < -0.39 is 0 Å². The zero-order chi connectivity index (χ0) is 11.6. The molecule has 0 saturated heterocycles. The minimum atomic E-state index is 0.244. The predicted octanol–water partition coefficient (Wildman–Crippen LogP) is 1.89. The maximum absolute atomic E-state index is 5.77. The van der Waals surface area contributed by atoms with Crippen molar-refractivity contribution in [2.24, 2.45) is 18.3 Å². The molecule has 1 atom stereocenters. The summed E-state index contributed by atoms with van der Waals surface area (Å²) < 4.78 is 1.85. The molecule has 4 heteroatoms. The summed E-state index contributed by atoms with van der Waals surface area (Å²) in [4.78, 5) is 0. The Bertz CT molecular complexity index is 339. The topological polar surface area (TPSA) is 55.9 Å². The van der Waals surface area contributed by atoms with Gasteiger partial charge in [-0.15, -0.1) is 0 Å². The van der Waals surface area contributed by atoms with Crippen molar-refractivity contribution < 1.29 is 0 Å². The van der Waals surface area contributed by atoms with Gasteiger partial charge in [0.05, 0.1) is 12.2 Å². The zero-order valence-corrected chi connectivity index (χ0v) is 10.2. The molecule has 1 aliphatic carbocycles. The van der Waals surface area contributed by atoms with Gasteiger partial charge in [-0.2, -0.15) is 5.10 Å². The molecule has 0 spiro atoms. The minimum Gasteiger partial charge on any atom is -0.275 e. The van der Waals surface area contributed by atoms with Crippen molar-refractivity contribution in [3.05, 3.63) is 18.0 Å². The molecule has 1 aromatic rings. The highest BCUT2D eigenvalue weighted by Gasteiger charge is 2.40. The van der Waals surface area contributed by atoms with Crippen LogP contribution in [0.5, 0.6) is 0 Å². The van der Waals surface area contributed by atoms with Gasteiger partial charge in [-0.25, -0.2) is 0 Å². The molecule has 90 valence electrons. The maximum Gasteiger partial charge on any atom is 0.0547 e. The summed E-state index contributed by atoms with van der Waals surface area (Å²) in [5, 5.41) is 4.24. The van der Waals surface area contributed by atoms with Gasteiger partial charge in [0.1, 0.15) is 0 Å². The average molecular weight is 222 g/mol. The molecule has 2 rings (SSSR count). The van der Waals surface area contributed by atoms with Crippen molar-refractivity contribution >= 4 is 0 Å². The van der Waals surface area contributed by atoms with E-state index >= 15 is 0 Å². The predicted molar refractivity (Wildman–Crippen MR) is 64.5 cm³/mol. The highest BCUT2D eigenvalue weighted by molar-refractivity contribution is 5.15. The van der Waals surface area contributed by atoms with E-state index in [1.54, 1.807) is 0 Å². The van der Waals surface area contributed by atoms with Crippen LogP contribution in [-0.4, -0.2) is 9.78 Å². The van der Waals surface area contributed by atoms with Crippen LogP contribution in [0.2, 0.25) is 0 Å². The number of nitrogens with one attached hydrogen (secondary N) is 1. The number of rotatable bonds is 4. The molecule has 1 heterocycles. The van der Waals surface area contributed by atoms with Crippen LogP contribution in [0.25, 0.3) is 0 Å². The third kappa shape index (κ3) is 1.87. The van der Waals surface area contributed by atoms with Crippen LogP contribution >= 0.6 is 0 Å². The smallest absolute Gasteiger partial charge is 0.0547 e. The van der Waals surface area contributed by atoms with E-state index in [1.165, 1.54) is 37.7 Å². The molecule has 3 N–H and O–H groups in total. The van der Waals surface area contributed by atoms with Crippen LogP contribution in [0.3, 0.4) is 0 Å². The standard InChI is InChI=1S/C12H22N4/c1-3-12(6-4-5-7-12)11(15-13)10-8-14-16(2)9-10/h8-9,11,15H,3-7,13H2,1-2H3.